The lowest BCUT2D eigenvalue weighted by Crippen LogP contribution is -2.26. The Morgan fingerprint density at radius 1 is 1.43 bits per heavy atom. The summed E-state index contributed by atoms with van der Waals surface area (Å²) < 4.78 is 0. The van der Waals surface area contributed by atoms with Crippen molar-refractivity contribution in [3.8, 4) is 0 Å². The molecular weight excluding hydrogens is 242 g/mol. The number of halogens is 1. The molecule has 3 heteroatoms. The Morgan fingerprint density at radius 2 is 2.07 bits per heavy atom. The smallest absolute Gasteiger partial charge is 0.221 e. The van der Waals surface area contributed by atoms with Gasteiger partial charge in [-0.15, -0.1) is 0 Å². The first kappa shape index (κ1) is 11.2. The minimum absolute atomic E-state index is 0.0817. The zero-order valence-electron chi connectivity index (χ0n) is 8.16. The van der Waals surface area contributed by atoms with E-state index in [0.717, 1.165) is 5.56 Å². The van der Waals surface area contributed by atoms with Crippen molar-refractivity contribution in [3.63, 3.8) is 0 Å². The number of benzene rings is 1. The summed E-state index contributed by atoms with van der Waals surface area (Å²) in [6.07, 6.45) is 0.525. The maximum Gasteiger partial charge on any atom is 0.221 e. The molecule has 0 unspecified atom stereocenters. The summed E-state index contributed by atoms with van der Waals surface area (Å²) in [7, 11) is 0. The first-order chi connectivity index (χ1) is 6.74. The first-order valence-corrected chi connectivity index (χ1v) is 5.76. The van der Waals surface area contributed by atoms with E-state index in [2.05, 4.69) is 21.2 Å². The lowest BCUT2D eigenvalue weighted by molar-refractivity contribution is -0.121. The third kappa shape index (κ3) is 3.50. The fourth-order valence-corrected chi connectivity index (χ4v) is 1.58. The van der Waals surface area contributed by atoms with Crippen LogP contribution in [0.5, 0.6) is 0 Å². The molecular formula is C11H14BrNO. The van der Waals surface area contributed by atoms with E-state index in [-0.39, 0.29) is 11.9 Å². The Hall–Kier alpha value is -0.830. The van der Waals surface area contributed by atoms with Crippen LogP contribution >= 0.6 is 15.9 Å². The average molecular weight is 256 g/mol. The molecule has 1 amide bonds. The van der Waals surface area contributed by atoms with E-state index in [4.69, 9.17) is 0 Å². The van der Waals surface area contributed by atoms with Gasteiger partial charge >= 0.3 is 0 Å². The lowest BCUT2D eigenvalue weighted by atomic mass is 10.1. The summed E-state index contributed by atoms with van der Waals surface area (Å²) >= 11 is 3.24. The molecule has 0 fully saturated rings. The van der Waals surface area contributed by atoms with Gasteiger partial charge in [-0.25, -0.2) is 0 Å². The topological polar surface area (TPSA) is 29.1 Å². The van der Waals surface area contributed by atoms with Crippen molar-refractivity contribution in [3.05, 3.63) is 35.9 Å². The molecule has 0 aromatic heterocycles. The summed E-state index contributed by atoms with van der Waals surface area (Å²) in [5, 5.41) is 3.64. The number of amides is 1. The van der Waals surface area contributed by atoms with Crippen molar-refractivity contribution in [1.82, 2.24) is 5.32 Å². The van der Waals surface area contributed by atoms with Gasteiger partial charge in [0.2, 0.25) is 5.91 Å². The molecule has 0 spiro atoms. The Kier molecular flexibility index (Phi) is 4.66. The Balaban J connectivity index is 2.50. The van der Waals surface area contributed by atoms with E-state index in [9.17, 15) is 4.79 Å². The number of carbonyl (C=O) groups is 1. The van der Waals surface area contributed by atoms with Gasteiger partial charge in [-0.2, -0.15) is 0 Å². The molecule has 0 aliphatic rings. The van der Waals surface area contributed by atoms with Gasteiger partial charge in [-0.3, -0.25) is 4.79 Å². The normalized spacial score (nSPS) is 12.1. The highest BCUT2D eigenvalue weighted by Crippen LogP contribution is 2.10. The summed E-state index contributed by atoms with van der Waals surface area (Å²) in [6.45, 7) is 1.99. The van der Waals surface area contributed by atoms with Gasteiger partial charge in [0.05, 0.1) is 6.04 Å². The van der Waals surface area contributed by atoms with Crippen molar-refractivity contribution in [2.75, 3.05) is 5.33 Å². The van der Waals surface area contributed by atoms with Crippen molar-refractivity contribution in [2.24, 2.45) is 0 Å². The molecule has 1 rings (SSSR count). The standard InChI is InChI=1S/C11H14BrNO/c1-9(13-11(14)7-8-12)10-5-3-2-4-6-10/h2-6,9H,7-8H2,1H3,(H,13,14)/t9-/m0/s1. The second-order valence-corrected chi connectivity index (χ2v) is 3.93. The van der Waals surface area contributed by atoms with Crippen LogP contribution in [0.25, 0.3) is 0 Å². The van der Waals surface area contributed by atoms with Crippen molar-refractivity contribution >= 4 is 21.8 Å². The van der Waals surface area contributed by atoms with Gasteiger partial charge in [0.1, 0.15) is 0 Å². The summed E-state index contributed by atoms with van der Waals surface area (Å²) in [5.74, 6) is 0.0817. The zero-order valence-corrected chi connectivity index (χ0v) is 9.75. The van der Waals surface area contributed by atoms with Crippen molar-refractivity contribution < 1.29 is 4.79 Å². The van der Waals surface area contributed by atoms with Crippen LogP contribution in [-0.2, 0) is 4.79 Å². The van der Waals surface area contributed by atoms with Crippen LogP contribution in [0.4, 0.5) is 0 Å². The zero-order chi connectivity index (χ0) is 10.4. The van der Waals surface area contributed by atoms with Crippen molar-refractivity contribution in [2.45, 2.75) is 19.4 Å². The van der Waals surface area contributed by atoms with Crippen LogP contribution in [0.1, 0.15) is 24.9 Å². The minimum atomic E-state index is 0.0817. The quantitative estimate of drug-likeness (QED) is 0.824. The predicted octanol–water partition coefficient (Wildman–Crippen LogP) is 2.65. The fraction of sp³-hybridized carbons (Fsp3) is 0.364. The van der Waals surface area contributed by atoms with Crippen molar-refractivity contribution in [1.29, 1.82) is 0 Å². The fourth-order valence-electron chi connectivity index (χ4n) is 1.22. The molecule has 2 nitrogen and oxygen atoms in total. The molecule has 1 atom stereocenters. The SMILES string of the molecule is C[C@H](NC(=O)CCBr)c1ccccc1. The van der Waals surface area contributed by atoms with E-state index >= 15 is 0 Å². The Morgan fingerprint density at radius 3 is 2.64 bits per heavy atom. The van der Waals surface area contributed by atoms with E-state index in [0.29, 0.717) is 11.8 Å². The number of alkyl halides is 1. The highest BCUT2D eigenvalue weighted by Gasteiger charge is 2.07. The molecule has 1 aromatic rings. The van der Waals surface area contributed by atoms with Crippen LogP contribution in [0, 0.1) is 0 Å². The molecule has 0 radical (unpaired) electrons. The first-order valence-electron chi connectivity index (χ1n) is 4.64. The molecule has 0 aliphatic heterocycles. The monoisotopic (exact) mass is 255 g/mol. The van der Waals surface area contributed by atoms with Crippen LogP contribution in [0.15, 0.2) is 30.3 Å². The van der Waals surface area contributed by atoms with Gasteiger partial charge < -0.3 is 5.32 Å². The summed E-state index contributed by atoms with van der Waals surface area (Å²) in [5.41, 5.74) is 1.13. The van der Waals surface area contributed by atoms with E-state index in [1.54, 1.807) is 0 Å². The van der Waals surface area contributed by atoms with Crippen LogP contribution in [-0.4, -0.2) is 11.2 Å². The highest BCUT2D eigenvalue weighted by atomic mass is 79.9. The molecule has 76 valence electrons. The second-order valence-electron chi connectivity index (χ2n) is 3.14. The number of hydrogen-bond acceptors (Lipinski definition) is 1. The van der Waals surface area contributed by atoms with Crippen LogP contribution in [0.2, 0.25) is 0 Å². The molecule has 1 aromatic carbocycles. The number of carbonyl (C=O) groups excluding carboxylic acids is 1. The minimum Gasteiger partial charge on any atom is -0.350 e. The number of nitrogens with one attached hydrogen (secondary N) is 1. The highest BCUT2D eigenvalue weighted by molar-refractivity contribution is 9.09. The van der Waals surface area contributed by atoms with Gasteiger partial charge in [0.15, 0.2) is 0 Å². The van der Waals surface area contributed by atoms with Gasteiger partial charge in [-0.05, 0) is 12.5 Å². The number of hydrogen-bond donors (Lipinski definition) is 1. The van der Waals surface area contributed by atoms with E-state index < -0.39 is 0 Å². The lowest BCUT2D eigenvalue weighted by Gasteiger charge is -2.13. The summed E-state index contributed by atoms with van der Waals surface area (Å²) in [6, 6.07) is 10.0. The van der Waals surface area contributed by atoms with Gasteiger partial charge in [0.25, 0.3) is 0 Å². The third-order valence-corrected chi connectivity index (χ3v) is 2.40. The molecule has 0 saturated heterocycles. The molecule has 0 saturated carbocycles. The van der Waals surface area contributed by atoms with Gasteiger partial charge in [0, 0.05) is 11.8 Å². The van der Waals surface area contributed by atoms with Crippen LogP contribution in [0.3, 0.4) is 0 Å². The average Bonchev–Trinajstić information content (AvgIpc) is 2.19. The maximum absolute atomic E-state index is 11.3. The second kappa shape index (κ2) is 5.81. The molecule has 14 heavy (non-hydrogen) atoms. The van der Waals surface area contributed by atoms with Gasteiger partial charge in [-0.1, -0.05) is 46.3 Å². The van der Waals surface area contributed by atoms with E-state index in [1.165, 1.54) is 0 Å². The largest absolute Gasteiger partial charge is 0.350 e. The Labute approximate surface area is 92.8 Å². The van der Waals surface area contributed by atoms with Crippen LogP contribution < -0.4 is 5.32 Å². The van der Waals surface area contributed by atoms with E-state index in [1.807, 2.05) is 37.3 Å². The molecule has 1 N–H and O–H groups in total. The third-order valence-electron chi connectivity index (χ3n) is 2.00. The number of rotatable bonds is 4. The predicted molar refractivity (Wildman–Crippen MR) is 61.4 cm³/mol. The Bertz CT molecular complexity index is 287. The maximum atomic E-state index is 11.3. The summed E-state index contributed by atoms with van der Waals surface area (Å²) in [4.78, 5) is 11.3. The molecule has 0 heterocycles. The molecule has 0 aliphatic carbocycles. The molecule has 0 bridgehead atoms.